The highest BCUT2D eigenvalue weighted by Crippen LogP contribution is 2.36. The molecule has 1 aliphatic rings. The van der Waals surface area contributed by atoms with Crippen LogP contribution in [0, 0.1) is 6.92 Å². The van der Waals surface area contributed by atoms with Crippen molar-refractivity contribution in [2.24, 2.45) is 0 Å². The average Bonchev–Trinajstić information content (AvgIpc) is 3.03. The van der Waals surface area contributed by atoms with Crippen LogP contribution in [0.15, 0.2) is 60.9 Å². The molecular formula is C22H22N4O. The zero-order valence-electron chi connectivity index (χ0n) is 15.5. The van der Waals surface area contributed by atoms with Gasteiger partial charge in [0.05, 0.1) is 0 Å². The summed E-state index contributed by atoms with van der Waals surface area (Å²) < 4.78 is 0. The van der Waals surface area contributed by atoms with Crippen LogP contribution < -0.4 is 10.2 Å². The number of hydrogen-bond donors (Lipinski definition) is 1. The third kappa shape index (κ3) is 3.40. The summed E-state index contributed by atoms with van der Waals surface area (Å²) in [5, 5.41) is 2.96. The van der Waals surface area contributed by atoms with Gasteiger partial charge >= 0.3 is 0 Å². The summed E-state index contributed by atoms with van der Waals surface area (Å²) in [6.07, 6.45) is 2.43. The van der Waals surface area contributed by atoms with Crippen molar-refractivity contribution in [1.29, 1.82) is 0 Å². The maximum Gasteiger partial charge on any atom is 0.270 e. The summed E-state index contributed by atoms with van der Waals surface area (Å²) in [4.78, 5) is 23.4. The number of carbonyl (C=O) groups is 1. The predicted molar refractivity (Wildman–Crippen MR) is 106 cm³/mol. The zero-order chi connectivity index (χ0) is 18.8. The normalized spacial score (nSPS) is 15.5. The Labute approximate surface area is 159 Å². The first-order valence-electron chi connectivity index (χ1n) is 9.15. The van der Waals surface area contributed by atoms with Gasteiger partial charge in [-0.15, -0.1) is 0 Å². The van der Waals surface area contributed by atoms with E-state index < -0.39 is 0 Å². The van der Waals surface area contributed by atoms with Gasteiger partial charge in [-0.2, -0.15) is 0 Å². The number of nitrogens with one attached hydrogen (secondary N) is 1. The van der Waals surface area contributed by atoms with E-state index in [0.717, 1.165) is 29.1 Å². The molecular weight excluding hydrogens is 336 g/mol. The third-order valence-corrected chi connectivity index (χ3v) is 5.04. The van der Waals surface area contributed by atoms with Crippen LogP contribution in [0.1, 0.15) is 34.1 Å². The SMILES string of the molecule is Cc1ccccc1CNC(=O)c1cc(N2c3ccccc3CC2C)ncn1. The van der Waals surface area contributed by atoms with Crippen molar-refractivity contribution in [1.82, 2.24) is 15.3 Å². The predicted octanol–water partition coefficient (Wildman–Crippen LogP) is 3.80. The number of aryl methyl sites for hydroxylation is 1. The van der Waals surface area contributed by atoms with E-state index >= 15 is 0 Å². The topological polar surface area (TPSA) is 58.1 Å². The molecule has 0 saturated carbocycles. The van der Waals surface area contributed by atoms with E-state index in [1.807, 2.05) is 37.3 Å². The Morgan fingerprint density at radius 1 is 1.15 bits per heavy atom. The number of aromatic nitrogens is 2. The number of nitrogens with zero attached hydrogens (tertiary/aromatic N) is 3. The van der Waals surface area contributed by atoms with E-state index in [4.69, 9.17) is 0 Å². The van der Waals surface area contributed by atoms with E-state index in [1.54, 1.807) is 6.07 Å². The van der Waals surface area contributed by atoms with Gasteiger partial charge in [-0.05, 0) is 43.0 Å². The second-order valence-corrected chi connectivity index (χ2v) is 6.92. The van der Waals surface area contributed by atoms with Crippen molar-refractivity contribution in [3.63, 3.8) is 0 Å². The zero-order valence-corrected chi connectivity index (χ0v) is 15.5. The Balaban J connectivity index is 1.54. The van der Waals surface area contributed by atoms with Gasteiger partial charge in [-0.3, -0.25) is 4.79 Å². The van der Waals surface area contributed by atoms with Crippen LogP contribution in [-0.4, -0.2) is 21.9 Å². The smallest absolute Gasteiger partial charge is 0.270 e. The lowest BCUT2D eigenvalue weighted by molar-refractivity contribution is 0.0945. The second kappa shape index (κ2) is 7.19. The van der Waals surface area contributed by atoms with Gasteiger partial charge in [-0.25, -0.2) is 9.97 Å². The van der Waals surface area contributed by atoms with E-state index in [9.17, 15) is 4.79 Å². The van der Waals surface area contributed by atoms with Gasteiger partial charge in [-0.1, -0.05) is 42.5 Å². The van der Waals surface area contributed by atoms with Crippen molar-refractivity contribution in [3.05, 3.63) is 83.3 Å². The minimum atomic E-state index is -0.193. The van der Waals surface area contributed by atoms with Gasteiger partial charge in [0.25, 0.3) is 5.91 Å². The van der Waals surface area contributed by atoms with Crippen LogP contribution in [0.4, 0.5) is 11.5 Å². The van der Waals surface area contributed by atoms with Gasteiger partial charge in [0, 0.05) is 24.3 Å². The highest BCUT2D eigenvalue weighted by atomic mass is 16.1. The van der Waals surface area contributed by atoms with E-state index in [2.05, 4.69) is 45.3 Å². The first kappa shape index (κ1) is 17.2. The molecule has 3 aromatic rings. The van der Waals surface area contributed by atoms with E-state index in [1.165, 1.54) is 11.9 Å². The maximum atomic E-state index is 12.6. The summed E-state index contributed by atoms with van der Waals surface area (Å²) in [6.45, 7) is 4.68. The number of anilines is 2. The largest absolute Gasteiger partial charge is 0.347 e. The van der Waals surface area contributed by atoms with Crippen LogP contribution in [0.25, 0.3) is 0 Å². The molecule has 0 spiro atoms. The molecule has 27 heavy (non-hydrogen) atoms. The third-order valence-electron chi connectivity index (χ3n) is 5.04. The quantitative estimate of drug-likeness (QED) is 0.771. The molecule has 5 heteroatoms. The molecule has 1 aliphatic heterocycles. The van der Waals surface area contributed by atoms with Gasteiger partial charge in [0.15, 0.2) is 0 Å². The molecule has 5 nitrogen and oxygen atoms in total. The van der Waals surface area contributed by atoms with Crippen molar-refractivity contribution in [3.8, 4) is 0 Å². The minimum Gasteiger partial charge on any atom is -0.347 e. The standard InChI is InChI=1S/C22H22N4O/c1-15-7-3-4-9-18(15)13-23-22(27)19-12-21(25-14-24-19)26-16(2)11-17-8-5-6-10-20(17)26/h3-10,12,14,16H,11,13H2,1-2H3,(H,23,27). The number of carbonyl (C=O) groups excluding carboxylic acids is 1. The maximum absolute atomic E-state index is 12.6. The summed E-state index contributed by atoms with van der Waals surface area (Å²) in [7, 11) is 0. The van der Waals surface area contributed by atoms with Crippen LogP contribution in [0.3, 0.4) is 0 Å². The molecule has 2 heterocycles. The molecule has 1 aromatic heterocycles. The average molecular weight is 358 g/mol. The van der Waals surface area contributed by atoms with Crippen molar-refractivity contribution in [2.45, 2.75) is 32.9 Å². The Morgan fingerprint density at radius 2 is 1.93 bits per heavy atom. The monoisotopic (exact) mass is 358 g/mol. The van der Waals surface area contributed by atoms with Gasteiger partial charge < -0.3 is 10.2 Å². The number of hydrogen-bond acceptors (Lipinski definition) is 4. The highest BCUT2D eigenvalue weighted by Gasteiger charge is 2.28. The molecule has 0 fully saturated rings. The van der Waals surface area contributed by atoms with Crippen LogP contribution in [0.5, 0.6) is 0 Å². The van der Waals surface area contributed by atoms with E-state index in [0.29, 0.717) is 18.3 Å². The van der Waals surface area contributed by atoms with Gasteiger partial charge in [0.2, 0.25) is 0 Å². The number of rotatable bonds is 4. The number of para-hydroxylation sites is 1. The summed E-state index contributed by atoms with van der Waals surface area (Å²) in [5.41, 5.74) is 5.08. The van der Waals surface area contributed by atoms with Gasteiger partial charge in [0.1, 0.15) is 17.8 Å². The molecule has 1 N–H and O–H groups in total. The highest BCUT2D eigenvalue weighted by molar-refractivity contribution is 5.93. The van der Waals surface area contributed by atoms with Crippen LogP contribution in [0.2, 0.25) is 0 Å². The fourth-order valence-electron chi connectivity index (χ4n) is 3.59. The Bertz CT molecular complexity index is 985. The Morgan fingerprint density at radius 3 is 2.78 bits per heavy atom. The minimum absolute atomic E-state index is 0.193. The second-order valence-electron chi connectivity index (χ2n) is 6.92. The summed E-state index contributed by atoms with van der Waals surface area (Å²) >= 11 is 0. The Kier molecular flexibility index (Phi) is 4.59. The summed E-state index contributed by atoms with van der Waals surface area (Å²) in [5.74, 6) is 0.561. The Hall–Kier alpha value is -3.21. The van der Waals surface area contributed by atoms with Crippen LogP contribution >= 0.6 is 0 Å². The number of benzene rings is 2. The number of fused-ring (bicyclic) bond motifs is 1. The first-order valence-corrected chi connectivity index (χ1v) is 9.15. The first-order chi connectivity index (χ1) is 13.1. The molecule has 0 bridgehead atoms. The molecule has 1 unspecified atom stereocenters. The molecule has 0 radical (unpaired) electrons. The molecule has 0 saturated heterocycles. The lowest BCUT2D eigenvalue weighted by atomic mass is 10.1. The van der Waals surface area contributed by atoms with Crippen LogP contribution in [-0.2, 0) is 13.0 Å². The molecule has 136 valence electrons. The van der Waals surface area contributed by atoms with E-state index in [-0.39, 0.29) is 5.91 Å². The molecule has 1 atom stereocenters. The lowest BCUT2D eigenvalue weighted by Crippen LogP contribution is -2.27. The fraction of sp³-hybridized carbons (Fsp3) is 0.227. The van der Waals surface area contributed by atoms with Crippen molar-refractivity contribution >= 4 is 17.4 Å². The van der Waals surface area contributed by atoms with Crippen molar-refractivity contribution < 1.29 is 4.79 Å². The fourth-order valence-corrected chi connectivity index (χ4v) is 3.59. The van der Waals surface area contributed by atoms with Crippen molar-refractivity contribution in [2.75, 3.05) is 4.90 Å². The number of amides is 1. The molecule has 4 rings (SSSR count). The summed E-state index contributed by atoms with van der Waals surface area (Å²) in [6, 6.07) is 18.4. The molecule has 1 amide bonds. The lowest BCUT2D eigenvalue weighted by Gasteiger charge is -2.23. The molecule has 2 aromatic carbocycles. The molecule has 0 aliphatic carbocycles.